The minimum absolute atomic E-state index is 0.233. The van der Waals surface area contributed by atoms with Crippen LogP contribution in [0.3, 0.4) is 0 Å². The summed E-state index contributed by atoms with van der Waals surface area (Å²) in [5, 5.41) is 8.59. The third kappa shape index (κ3) is 2.17. The number of hydrogen-bond donors (Lipinski definition) is 1. The monoisotopic (exact) mass is 233 g/mol. The maximum absolute atomic E-state index is 13.5. The van der Waals surface area contributed by atoms with Crippen molar-refractivity contribution in [2.75, 3.05) is 13.1 Å². The molecule has 4 heteroatoms. The maximum Gasteiger partial charge on any atom is 0.151 e. The lowest BCUT2D eigenvalue weighted by Gasteiger charge is -2.22. The van der Waals surface area contributed by atoms with Gasteiger partial charge in [0.1, 0.15) is 5.52 Å². The summed E-state index contributed by atoms with van der Waals surface area (Å²) in [4.78, 5) is 0. The summed E-state index contributed by atoms with van der Waals surface area (Å²) in [5.41, 5.74) is 0.483. The van der Waals surface area contributed by atoms with Gasteiger partial charge in [-0.3, -0.25) is 4.68 Å². The molecule has 3 nitrogen and oxygen atoms in total. The summed E-state index contributed by atoms with van der Waals surface area (Å²) in [6, 6.07) is 5.09. The summed E-state index contributed by atoms with van der Waals surface area (Å²) >= 11 is 0. The highest BCUT2D eigenvalue weighted by atomic mass is 19.1. The van der Waals surface area contributed by atoms with Gasteiger partial charge in [0.2, 0.25) is 0 Å². The molecule has 1 N–H and O–H groups in total. The van der Waals surface area contributed by atoms with Crippen LogP contribution in [0.2, 0.25) is 0 Å². The Morgan fingerprint density at radius 3 is 3.18 bits per heavy atom. The fourth-order valence-corrected chi connectivity index (χ4v) is 2.50. The third-order valence-electron chi connectivity index (χ3n) is 3.38. The standard InChI is InChI=1S/C13H16FN3/c14-12-5-1-4-11-9-17(16-13(11)12)8-10-3-2-6-15-7-10/h1,4-5,9-10,15H,2-3,6-8H2. The Bertz CT molecular complexity index is 514. The second-order valence-corrected chi connectivity index (χ2v) is 4.74. The Hall–Kier alpha value is -1.42. The van der Waals surface area contributed by atoms with E-state index in [1.807, 2.05) is 16.9 Å². The van der Waals surface area contributed by atoms with Gasteiger partial charge in [-0.25, -0.2) is 4.39 Å². The zero-order valence-electron chi connectivity index (χ0n) is 9.69. The van der Waals surface area contributed by atoms with Gasteiger partial charge < -0.3 is 5.32 Å². The van der Waals surface area contributed by atoms with E-state index in [2.05, 4.69) is 10.4 Å². The van der Waals surface area contributed by atoms with Gasteiger partial charge in [0.15, 0.2) is 5.82 Å². The second-order valence-electron chi connectivity index (χ2n) is 4.74. The van der Waals surface area contributed by atoms with Crippen molar-refractivity contribution in [3.8, 4) is 0 Å². The molecule has 0 spiro atoms. The van der Waals surface area contributed by atoms with Crippen molar-refractivity contribution in [1.29, 1.82) is 0 Å². The van der Waals surface area contributed by atoms with Crippen LogP contribution in [-0.2, 0) is 6.54 Å². The van der Waals surface area contributed by atoms with E-state index < -0.39 is 0 Å². The molecule has 0 bridgehead atoms. The number of piperidine rings is 1. The number of fused-ring (bicyclic) bond motifs is 1. The average Bonchev–Trinajstić information content (AvgIpc) is 2.74. The van der Waals surface area contributed by atoms with Crippen molar-refractivity contribution >= 4 is 10.9 Å². The quantitative estimate of drug-likeness (QED) is 0.861. The first-order chi connectivity index (χ1) is 8.33. The number of nitrogens with one attached hydrogen (secondary N) is 1. The number of hydrogen-bond acceptors (Lipinski definition) is 2. The fraction of sp³-hybridized carbons (Fsp3) is 0.462. The summed E-state index contributed by atoms with van der Waals surface area (Å²) in [7, 11) is 0. The van der Waals surface area contributed by atoms with Crippen molar-refractivity contribution in [3.63, 3.8) is 0 Å². The lowest BCUT2D eigenvalue weighted by Crippen LogP contribution is -2.32. The summed E-state index contributed by atoms with van der Waals surface area (Å²) in [6.45, 7) is 3.03. The van der Waals surface area contributed by atoms with Crippen molar-refractivity contribution < 1.29 is 4.39 Å². The molecule has 1 saturated heterocycles. The highest BCUT2D eigenvalue weighted by Gasteiger charge is 2.14. The van der Waals surface area contributed by atoms with Gasteiger partial charge in [-0.1, -0.05) is 12.1 Å². The van der Waals surface area contributed by atoms with Crippen molar-refractivity contribution in [3.05, 3.63) is 30.2 Å². The van der Waals surface area contributed by atoms with Crippen LogP contribution in [0.25, 0.3) is 10.9 Å². The molecule has 2 aromatic rings. The third-order valence-corrected chi connectivity index (χ3v) is 3.38. The lowest BCUT2D eigenvalue weighted by atomic mass is 10.00. The largest absolute Gasteiger partial charge is 0.316 e. The molecule has 17 heavy (non-hydrogen) atoms. The molecule has 0 radical (unpaired) electrons. The SMILES string of the molecule is Fc1cccc2cn(CC3CCCNC3)nc12. The fourth-order valence-electron chi connectivity index (χ4n) is 2.50. The Morgan fingerprint density at radius 1 is 1.47 bits per heavy atom. The van der Waals surface area contributed by atoms with Crippen LogP contribution < -0.4 is 5.32 Å². The molecule has 0 amide bonds. The molecule has 1 aromatic carbocycles. The predicted molar refractivity (Wildman–Crippen MR) is 65.3 cm³/mol. The Kier molecular flexibility index (Phi) is 2.81. The normalized spacial score (nSPS) is 20.9. The lowest BCUT2D eigenvalue weighted by molar-refractivity contribution is 0.326. The second kappa shape index (κ2) is 4.45. The highest BCUT2D eigenvalue weighted by molar-refractivity contribution is 5.78. The minimum atomic E-state index is -0.233. The van der Waals surface area contributed by atoms with Gasteiger partial charge in [-0.15, -0.1) is 0 Å². The Labute approximate surface area is 99.6 Å². The number of benzene rings is 1. The van der Waals surface area contributed by atoms with E-state index in [0.717, 1.165) is 25.0 Å². The van der Waals surface area contributed by atoms with Gasteiger partial charge in [0.05, 0.1) is 0 Å². The number of aromatic nitrogens is 2. The van der Waals surface area contributed by atoms with E-state index in [4.69, 9.17) is 0 Å². The average molecular weight is 233 g/mol. The van der Waals surface area contributed by atoms with Crippen LogP contribution in [0, 0.1) is 11.7 Å². The van der Waals surface area contributed by atoms with Crippen molar-refractivity contribution in [1.82, 2.24) is 15.1 Å². The number of halogens is 1. The van der Waals surface area contributed by atoms with Crippen LogP contribution in [0.4, 0.5) is 4.39 Å². The van der Waals surface area contributed by atoms with Gasteiger partial charge in [-0.05, 0) is 37.9 Å². The first-order valence-corrected chi connectivity index (χ1v) is 6.15. The molecule has 3 rings (SSSR count). The molecule has 1 unspecified atom stereocenters. The van der Waals surface area contributed by atoms with Gasteiger partial charge in [0, 0.05) is 18.1 Å². The summed E-state index contributed by atoms with van der Waals surface area (Å²) < 4.78 is 15.4. The Balaban J connectivity index is 1.83. The van der Waals surface area contributed by atoms with Crippen LogP contribution >= 0.6 is 0 Å². The van der Waals surface area contributed by atoms with Gasteiger partial charge in [0.25, 0.3) is 0 Å². The van der Waals surface area contributed by atoms with Crippen LogP contribution in [0.1, 0.15) is 12.8 Å². The smallest absolute Gasteiger partial charge is 0.151 e. The number of rotatable bonds is 2. The van der Waals surface area contributed by atoms with Crippen molar-refractivity contribution in [2.24, 2.45) is 5.92 Å². The first-order valence-electron chi connectivity index (χ1n) is 6.15. The zero-order valence-corrected chi connectivity index (χ0v) is 9.69. The van der Waals surface area contributed by atoms with E-state index in [0.29, 0.717) is 11.4 Å². The molecular formula is C13H16FN3. The van der Waals surface area contributed by atoms with Gasteiger partial charge >= 0.3 is 0 Å². The molecule has 1 fully saturated rings. The van der Waals surface area contributed by atoms with Gasteiger partial charge in [-0.2, -0.15) is 5.10 Å². The molecule has 1 aromatic heterocycles. The number of nitrogens with zero attached hydrogens (tertiary/aromatic N) is 2. The minimum Gasteiger partial charge on any atom is -0.316 e. The summed E-state index contributed by atoms with van der Waals surface area (Å²) in [5.74, 6) is 0.379. The molecule has 0 saturated carbocycles. The van der Waals surface area contributed by atoms with E-state index >= 15 is 0 Å². The zero-order chi connectivity index (χ0) is 11.7. The molecule has 2 heterocycles. The van der Waals surface area contributed by atoms with Crippen LogP contribution in [0.15, 0.2) is 24.4 Å². The topological polar surface area (TPSA) is 29.9 Å². The molecule has 1 atom stereocenters. The summed E-state index contributed by atoms with van der Waals surface area (Å²) in [6.07, 6.45) is 4.39. The molecule has 90 valence electrons. The molecule has 1 aliphatic heterocycles. The van der Waals surface area contributed by atoms with E-state index in [1.165, 1.54) is 18.9 Å². The molecule has 1 aliphatic rings. The maximum atomic E-state index is 13.5. The predicted octanol–water partition coefficient (Wildman–Crippen LogP) is 2.17. The first kappa shape index (κ1) is 10.7. The Morgan fingerprint density at radius 2 is 2.41 bits per heavy atom. The molecular weight excluding hydrogens is 217 g/mol. The van der Waals surface area contributed by atoms with E-state index in [1.54, 1.807) is 6.07 Å². The molecule has 0 aliphatic carbocycles. The van der Waals surface area contributed by atoms with E-state index in [-0.39, 0.29) is 5.82 Å². The van der Waals surface area contributed by atoms with Crippen LogP contribution in [-0.4, -0.2) is 22.9 Å². The van der Waals surface area contributed by atoms with Crippen LogP contribution in [0.5, 0.6) is 0 Å². The van der Waals surface area contributed by atoms with Crippen molar-refractivity contribution in [2.45, 2.75) is 19.4 Å². The van der Waals surface area contributed by atoms with E-state index in [9.17, 15) is 4.39 Å². The highest BCUT2D eigenvalue weighted by Crippen LogP contribution is 2.18.